The first-order valence-corrected chi connectivity index (χ1v) is 12.6. The Labute approximate surface area is 219 Å². The van der Waals surface area contributed by atoms with E-state index in [-0.39, 0.29) is 29.3 Å². The van der Waals surface area contributed by atoms with Gasteiger partial charge in [-0.1, -0.05) is 32.0 Å². The number of carbonyl (C=O) groups is 2. The molecule has 4 heterocycles. The van der Waals surface area contributed by atoms with E-state index in [2.05, 4.69) is 33.8 Å². The maximum Gasteiger partial charge on any atom is 0.276 e. The van der Waals surface area contributed by atoms with Crippen LogP contribution in [0.3, 0.4) is 0 Å². The number of hydrogen-bond acceptors (Lipinski definition) is 6. The molecule has 4 N–H and O–H groups in total. The van der Waals surface area contributed by atoms with Crippen molar-refractivity contribution in [1.82, 2.24) is 19.3 Å². The summed E-state index contributed by atoms with van der Waals surface area (Å²) >= 11 is 0. The summed E-state index contributed by atoms with van der Waals surface area (Å²) in [5.41, 5.74) is 10.8. The number of nitrogens with one attached hydrogen (secondary N) is 1. The molecule has 194 valence electrons. The molecule has 0 saturated heterocycles. The zero-order valence-electron chi connectivity index (χ0n) is 21.3. The quantitative estimate of drug-likeness (QED) is 0.364. The van der Waals surface area contributed by atoms with Gasteiger partial charge in [0.25, 0.3) is 11.8 Å². The van der Waals surface area contributed by atoms with E-state index in [0.717, 1.165) is 18.5 Å². The fourth-order valence-electron chi connectivity index (χ4n) is 5.61. The second kappa shape index (κ2) is 8.84. The lowest BCUT2D eigenvalue weighted by Crippen LogP contribution is -2.41. The number of carbonyl (C=O) groups excluding carboxylic acids is 2. The molecule has 6 rings (SSSR count). The molecule has 0 saturated carbocycles. The number of anilines is 3. The van der Waals surface area contributed by atoms with E-state index in [1.54, 1.807) is 17.2 Å². The van der Waals surface area contributed by atoms with Crippen molar-refractivity contribution in [2.75, 3.05) is 16.8 Å². The van der Waals surface area contributed by atoms with Crippen molar-refractivity contribution in [2.45, 2.75) is 39.8 Å². The van der Waals surface area contributed by atoms with Crippen molar-refractivity contribution < 1.29 is 14.7 Å². The highest BCUT2D eigenvalue weighted by Crippen LogP contribution is 2.39. The molecule has 10 heteroatoms. The van der Waals surface area contributed by atoms with Crippen LogP contribution in [0, 0.1) is 5.41 Å². The fraction of sp³-hybridized carbons (Fsp3) is 0.286. The van der Waals surface area contributed by atoms with Gasteiger partial charge in [-0.05, 0) is 48.1 Å². The molecule has 0 radical (unpaired) electrons. The lowest BCUT2D eigenvalue weighted by atomic mass is 9.90. The molecule has 1 aliphatic carbocycles. The molecule has 2 amide bonds. The number of para-hydroxylation sites is 1. The number of pyridine rings is 1. The molecule has 2 aliphatic rings. The highest BCUT2D eigenvalue weighted by Gasteiger charge is 2.37. The van der Waals surface area contributed by atoms with Gasteiger partial charge in [0.2, 0.25) is 0 Å². The fourth-order valence-corrected chi connectivity index (χ4v) is 5.61. The monoisotopic (exact) mass is 511 g/mol. The van der Waals surface area contributed by atoms with E-state index < -0.39 is 5.91 Å². The van der Waals surface area contributed by atoms with Gasteiger partial charge in [-0.15, -0.1) is 5.10 Å². The highest BCUT2D eigenvalue weighted by atomic mass is 16.3. The maximum atomic E-state index is 13.6. The zero-order chi connectivity index (χ0) is 26.6. The minimum absolute atomic E-state index is 0.146. The second-order valence-corrected chi connectivity index (χ2v) is 10.6. The third-order valence-corrected chi connectivity index (χ3v) is 7.31. The first-order chi connectivity index (χ1) is 18.3. The van der Waals surface area contributed by atoms with Crippen molar-refractivity contribution in [1.29, 1.82) is 0 Å². The Morgan fingerprint density at radius 1 is 1.16 bits per heavy atom. The first-order valence-electron chi connectivity index (χ1n) is 12.6. The van der Waals surface area contributed by atoms with Crippen molar-refractivity contribution in [3.05, 3.63) is 82.9 Å². The number of nitrogens with zero attached hydrogens (tertiary/aromatic N) is 5. The summed E-state index contributed by atoms with van der Waals surface area (Å²) in [4.78, 5) is 31.9. The number of amides is 2. The van der Waals surface area contributed by atoms with Crippen LogP contribution in [0.5, 0.6) is 0 Å². The predicted molar refractivity (Wildman–Crippen MR) is 143 cm³/mol. The van der Waals surface area contributed by atoms with E-state index in [0.29, 0.717) is 35.9 Å². The summed E-state index contributed by atoms with van der Waals surface area (Å²) in [7, 11) is 0. The molecule has 1 aromatic carbocycles. The molecule has 0 bridgehead atoms. The van der Waals surface area contributed by atoms with Crippen LogP contribution in [0.25, 0.3) is 5.69 Å². The van der Waals surface area contributed by atoms with Crippen molar-refractivity contribution in [3.63, 3.8) is 0 Å². The second-order valence-electron chi connectivity index (χ2n) is 10.6. The highest BCUT2D eigenvalue weighted by molar-refractivity contribution is 6.06. The Morgan fingerprint density at radius 3 is 2.68 bits per heavy atom. The van der Waals surface area contributed by atoms with Crippen LogP contribution in [0.15, 0.2) is 54.9 Å². The van der Waals surface area contributed by atoms with Gasteiger partial charge in [0, 0.05) is 42.4 Å². The topological polar surface area (TPSA) is 131 Å². The number of rotatable bonds is 6. The number of fused-ring (bicyclic) bond motifs is 3. The minimum Gasteiger partial charge on any atom is -0.391 e. The van der Waals surface area contributed by atoms with Crippen LogP contribution < -0.4 is 16.0 Å². The van der Waals surface area contributed by atoms with Gasteiger partial charge in [-0.3, -0.25) is 14.5 Å². The van der Waals surface area contributed by atoms with Crippen molar-refractivity contribution >= 4 is 29.1 Å². The van der Waals surface area contributed by atoms with Crippen molar-refractivity contribution in [2.24, 2.45) is 11.1 Å². The van der Waals surface area contributed by atoms with E-state index in [9.17, 15) is 14.7 Å². The summed E-state index contributed by atoms with van der Waals surface area (Å²) in [5.74, 6) is -0.128. The summed E-state index contributed by atoms with van der Waals surface area (Å²) in [6, 6.07) is 13.0. The lowest BCUT2D eigenvalue weighted by Gasteiger charge is -2.30. The maximum absolute atomic E-state index is 13.6. The Hall–Kier alpha value is -4.44. The third kappa shape index (κ3) is 3.93. The van der Waals surface area contributed by atoms with Crippen LogP contribution in [0.2, 0.25) is 0 Å². The molecule has 10 nitrogen and oxygen atoms in total. The van der Waals surface area contributed by atoms with Gasteiger partial charge in [-0.25, -0.2) is 9.67 Å². The molecule has 0 unspecified atom stereocenters. The molecule has 38 heavy (non-hydrogen) atoms. The van der Waals surface area contributed by atoms with E-state index in [1.807, 2.05) is 36.4 Å². The van der Waals surface area contributed by atoms with Gasteiger partial charge in [0.15, 0.2) is 5.82 Å². The zero-order valence-corrected chi connectivity index (χ0v) is 21.3. The van der Waals surface area contributed by atoms with Crippen molar-refractivity contribution in [3.8, 4) is 5.69 Å². The van der Waals surface area contributed by atoms with Gasteiger partial charge in [-0.2, -0.15) is 0 Å². The molecule has 4 aromatic rings. The number of benzene rings is 1. The summed E-state index contributed by atoms with van der Waals surface area (Å²) in [6.45, 7) is 5.21. The molecule has 1 aliphatic heterocycles. The normalized spacial score (nSPS) is 15.9. The number of nitrogens with two attached hydrogens (primary N) is 1. The number of aliphatic hydroxyl groups excluding tert-OH is 1. The molecular weight excluding hydrogens is 482 g/mol. The third-order valence-electron chi connectivity index (χ3n) is 7.31. The van der Waals surface area contributed by atoms with Crippen LogP contribution in [-0.4, -0.2) is 42.8 Å². The Kier molecular flexibility index (Phi) is 5.57. The molecular formula is C28H29N7O3. The number of aliphatic hydroxyl groups is 1. The van der Waals surface area contributed by atoms with Gasteiger partial charge < -0.3 is 20.7 Å². The van der Waals surface area contributed by atoms with Gasteiger partial charge in [0.1, 0.15) is 17.1 Å². The van der Waals surface area contributed by atoms with E-state index >= 15 is 0 Å². The number of hydrogen-bond donors (Lipinski definition) is 3. The van der Waals surface area contributed by atoms with Crippen LogP contribution >= 0.6 is 0 Å². The molecule has 3 aromatic heterocycles. The Balaban J connectivity index is 1.37. The molecule has 0 atom stereocenters. The van der Waals surface area contributed by atoms with Gasteiger partial charge in [0.05, 0.1) is 12.3 Å². The molecule has 0 spiro atoms. The van der Waals surface area contributed by atoms with Crippen LogP contribution in [0.1, 0.15) is 51.5 Å². The average Bonchev–Trinajstić information content (AvgIpc) is 3.55. The van der Waals surface area contributed by atoms with E-state index in [4.69, 9.17) is 5.73 Å². The predicted octanol–water partition coefficient (Wildman–Crippen LogP) is 3.19. The SMILES string of the molecule is CC1(C)Cc2cc3n(c2C1)CCN(c1nccc(-n2cc(C(N)=O)c(Nc4ccccc4)n2)c1CO)C3=O. The van der Waals surface area contributed by atoms with Gasteiger partial charge >= 0.3 is 0 Å². The average molecular weight is 512 g/mol. The molecule has 0 fully saturated rings. The van der Waals surface area contributed by atoms with E-state index in [1.165, 1.54) is 22.1 Å². The largest absolute Gasteiger partial charge is 0.391 e. The Bertz CT molecular complexity index is 1570. The lowest BCUT2D eigenvalue weighted by molar-refractivity contribution is 0.0961. The number of primary amides is 1. The minimum atomic E-state index is -0.641. The standard InChI is InChI=1S/C28H29N7O3/c1-28(2)13-17-12-22-27(38)34(11-10-33(22)23(17)14-28)26-20(16-36)21(8-9-30-26)35-15-19(24(29)37)25(32-35)31-18-6-4-3-5-7-18/h3-9,12,15,36H,10-11,13-14,16H2,1-2H3,(H2,29,37)(H,31,32). The summed E-state index contributed by atoms with van der Waals surface area (Å²) < 4.78 is 3.62. The Morgan fingerprint density at radius 2 is 1.95 bits per heavy atom. The number of aromatic nitrogens is 4. The van der Waals surface area contributed by atoms with Crippen LogP contribution in [0.4, 0.5) is 17.3 Å². The van der Waals surface area contributed by atoms with Crippen LogP contribution in [-0.2, 0) is 26.0 Å². The smallest absolute Gasteiger partial charge is 0.276 e. The summed E-state index contributed by atoms with van der Waals surface area (Å²) in [5, 5.41) is 18.1. The summed E-state index contributed by atoms with van der Waals surface area (Å²) in [6.07, 6.45) is 4.99. The first kappa shape index (κ1) is 23.9.